The predicted octanol–water partition coefficient (Wildman–Crippen LogP) is 2.70. The van der Waals surface area contributed by atoms with Crippen LogP contribution in [-0.2, 0) is 10.0 Å². The highest BCUT2D eigenvalue weighted by molar-refractivity contribution is 9.10. The molecular formula is C12H19BrN2O2S. The van der Waals surface area contributed by atoms with Crippen LogP contribution in [0.2, 0.25) is 0 Å². The summed E-state index contributed by atoms with van der Waals surface area (Å²) in [5, 5.41) is 0. The van der Waals surface area contributed by atoms with Gasteiger partial charge in [-0.3, -0.25) is 0 Å². The summed E-state index contributed by atoms with van der Waals surface area (Å²) in [6.45, 7) is 6.41. The molecular weight excluding hydrogens is 316 g/mol. The lowest BCUT2D eigenvalue weighted by molar-refractivity contribution is 0.311. The van der Waals surface area contributed by atoms with Gasteiger partial charge in [-0.2, -0.15) is 0 Å². The average Bonchev–Trinajstić information content (AvgIpc) is 2.13. The third kappa shape index (κ3) is 3.70. The Balaban J connectivity index is 3.14. The minimum Gasteiger partial charge on any atom is -0.398 e. The van der Waals surface area contributed by atoms with Crippen molar-refractivity contribution in [3.05, 3.63) is 22.7 Å². The van der Waals surface area contributed by atoms with Gasteiger partial charge in [-0.15, -0.1) is 0 Å². The predicted molar refractivity (Wildman–Crippen MR) is 77.8 cm³/mol. The summed E-state index contributed by atoms with van der Waals surface area (Å²) in [5.74, 6) is 0. The molecule has 0 aliphatic heterocycles. The zero-order chi connectivity index (χ0) is 14.1. The maximum Gasteiger partial charge on any atom is 0.244 e. The molecule has 0 atom stereocenters. The minimum atomic E-state index is -3.53. The molecule has 1 aromatic carbocycles. The van der Waals surface area contributed by atoms with E-state index < -0.39 is 10.0 Å². The first-order chi connectivity index (χ1) is 8.04. The van der Waals surface area contributed by atoms with E-state index in [0.29, 0.717) is 6.54 Å². The van der Waals surface area contributed by atoms with Crippen LogP contribution in [0.1, 0.15) is 20.8 Å². The molecule has 0 heterocycles. The number of nitrogen functional groups attached to an aromatic ring is 1. The van der Waals surface area contributed by atoms with E-state index in [1.807, 2.05) is 20.8 Å². The molecule has 0 saturated carbocycles. The van der Waals surface area contributed by atoms with Crippen molar-refractivity contribution in [2.75, 3.05) is 19.3 Å². The van der Waals surface area contributed by atoms with Gasteiger partial charge in [0.25, 0.3) is 0 Å². The van der Waals surface area contributed by atoms with Crippen LogP contribution in [0.5, 0.6) is 0 Å². The lowest BCUT2D eigenvalue weighted by Gasteiger charge is -2.26. The summed E-state index contributed by atoms with van der Waals surface area (Å²) in [5.41, 5.74) is 5.92. The number of benzene rings is 1. The highest BCUT2D eigenvalue weighted by atomic mass is 79.9. The van der Waals surface area contributed by atoms with E-state index >= 15 is 0 Å². The van der Waals surface area contributed by atoms with Crippen molar-refractivity contribution in [1.29, 1.82) is 0 Å². The van der Waals surface area contributed by atoms with Crippen LogP contribution < -0.4 is 5.73 Å². The highest BCUT2D eigenvalue weighted by Crippen LogP contribution is 2.27. The van der Waals surface area contributed by atoms with Crippen LogP contribution in [0.4, 0.5) is 5.69 Å². The monoisotopic (exact) mass is 334 g/mol. The maximum atomic E-state index is 12.4. The molecule has 0 amide bonds. The molecule has 1 rings (SSSR count). The fraction of sp³-hybridized carbons (Fsp3) is 0.500. The molecule has 1 aromatic rings. The van der Waals surface area contributed by atoms with E-state index in [0.717, 1.165) is 4.47 Å². The Morgan fingerprint density at radius 1 is 1.33 bits per heavy atom. The standard InChI is InChI=1S/C12H19BrN2O2S/c1-12(2,3)8-15(4)18(16,17)11-6-5-9(13)7-10(11)14/h5-7H,8,14H2,1-4H3. The van der Waals surface area contributed by atoms with Gasteiger partial charge >= 0.3 is 0 Å². The van der Waals surface area contributed by atoms with Gasteiger partial charge in [0.05, 0.1) is 5.69 Å². The van der Waals surface area contributed by atoms with Crippen molar-refractivity contribution in [2.24, 2.45) is 5.41 Å². The third-order valence-electron chi connectivity index (χ3n) is 2.36. The van der Waals surface area contributed by atoms with Crippen LogP contribution in [-0.4, -0.2) is 26.3 Å². The average molecular weight is 335 g/mol. The molecule has 0 bridgehead atoms. The summed E-state index contributed by atoms with van der Waals surface area (Å²) >= 11 is 3.26. The van der Waals surface area contributed by atoms with E-state index in [-0.39, 0.29) is 16.0 Å². The summed E-state index contributed by atoms with van der Waals surface area (Å²) in [6, 6.07) is 4.79. The number of halogens is 1. The Labute approximate surface area is 117 Å². The number of hydrogen-bond donors (Lipinski definition) is 1. The summed E-state index contributed by atoms with van der Waals surface area (Å²) in [6.07, 6.45) is 0. The smallest absolute Gasteiger partial charge is 0.244 e. The van der Waals surface area contributed by atoms with E-state index in [1.54, 1.807) is 19.2 Å². The van der Waals surface area contributed by atoms with Gasteiger partial charge in [-0.1, -0.05) is 36.7 Å². The van der Waals surface area contributed by atoms with Crippen LogP contribution >= 0.6 is 15.9 Å². The quantitative estimate of drug-likeness (QED) is 0.864. The van der Waals surface area contributed by atoms with Crippen LogP contribution in [0.25, 0.3) is 0 Å². The number of nitrogens with zero attached hydrogens (tertiary/aromatic N) is 1. The Hall–Kier alpha value is -0.590. The summed E-state index contributed by atoms with van der Waals surface area (Å²) in [4.78, 5) is 0.150. The van der Waals surface area contributed by atoms with Crippen molar-refractivity contribution in [2.45, 2.75) is 25.7 Å². The third-order valence-corrected chi connectivity index (χ3v) is 4.73. The maximum absolute atomic E-state index is 12.4. The molecule has 6 heteroatoms. The van der Waals surface area contributed by atoms with E-state index in [9.17, 15) is 8.42 Å². The van der Waals surface area contributed by atoms with Crippen molar-refractivity contribution in [1.82, 2.24) is 4.31 Å². The second kappa shape index (κ2) is 5.19. The van der Waals surface area contributed by atoms with Gasteiger partial charge in [-0.25, -0.2) is 12.7 Å². The fourth-order valence-electron chi connectivity index (χ4n) is 1.68. The minimum absolute atomic E-state index is 0.105. The van der Waals surface area contributed by atoms with E-state index in [2.05, 4.69) is 15.9 Å². The molecule has 4 nitrogen and oxygen atoms in total. The van der Waals surface area contributed by atoms with Gasteiger partial charge in [0.2, 0.25) is 10.0 Å². The molecule has 0 unspecified atom stereocenters. The van der Waals surface area contributed by atoms with Gasteiger partial charge < -0.3 is 5.73 Å². The van der Waals surface area contributed by atoms with Gasteiger partial charge in [0.1, 0.15) is 4.90 Å². The fourth-order valence-corrected chi connectivity index (χ4v) is 3.54. The lowest BCUT2D eigenvalue weighted by atomic mass is 9.97. The molecule has 0 aliphatic carbocycles. The molecule has 18 heavy (non-hydrogen) atoms. The first kappa shape index (κ1) is 15.5. The number of anilines is 1. The van der Waals surface area contributed by atoms with Gasteiger partial charge in [0, 0.05) is 18.1 Å². The van der Waals surface area contributed by atoms with Crippen molar-refractivity contribution in [3.8, 4) is 0 Å². The first-order valence-electron chi connectivity index (χ1n) is 5.55. The van der Waals surface area contributed by atoms with Gasteiger partial charge in [-0.05, 0) is 23.6 Å². The topological polar surface area (TPSA) is 63.4 Å². The Bertz CT molecular complexity index is 535. The Kier molecular flexibility index (Phi) is 4.46. The Morgan fingerprint density at radius 3 is 2.33 bits per heavy atom. The molecule has 0 aromatic heterocycles. The zero-order valence-corrected chi connectivity index (χ0v) is 13.5. The van der Waals surface area contributed by atoms with E-state index in [1.165, 1.54) is 10.4 Å². The molecule has 102 valence electrons. The van der Waals surface area contributed by atoms with Gasteiger partial charge in [0.15, 0.2) is 0 Å². The van der Waals surface area contributed by atoms with E-state index in [4.69, 9.17) is 5.73 Å². The SMILES string of the molecule is CN(CC(C)(C)C)S(=O)(=O)c1ccc(Br)cc1N. The molecule has 2 N–H and O–H groups in total. The molecule has 0 spiro atoms. The molecule has 0 fully saturated rings. The lowest BCUT2D eigenvalue weighted by Crippen LogP contribution is -2.34. The number of nitrogens with two attached hydrogens (primary N) is 1. The molecule has 0 aliphatic rings. The van der Waals surface area contributed by atoms with Crippen LogP contribution in [0.3, 0.4) is 0 Å². The largest absolute Gasteiger partial charge is 0.398 e. The second-order valence-electron chi connectivity index (χ2n) is 5.50. The second-order valence-corrected chi connectivity index (χ2v) is 8.43. The number of hydrogen-bond acceptors (Lipinski definition) is 3. The molecule has 0 saturated heterocycles. The number of rotatable bonds is 3. The summed E-state index contributed by atoms with van der Waals surface area (Å²) < 4.78 is 26.8. The van der Waals surface area contributed by atoms with Crippen molar-refractivity contribution in [3.63, 3.8) is 0 Å². The van der Waals surface area contributed by atoms with Crippen molar-refractivity contribution >= 4 is 31.6 Å². The highest BCUT2D eigenvalue weighted by Gasteiger charge is 2.26. The zero-order valence-electron chi connectivity index (χ0n) is 11.1. The normalized spacial score (nSPS) is 13.0. The van der Waals surface area contributed by atoms with Crippen molar-refractivity contribution < 1.29 is 8.42 Å². The Morgan fingerprint density at radius 2 is 1.89 bits per heavy atom. The van der Waals surface area contributed by atoms with Crippen LogP contribution in [0, 0.1) is 5.41 Å². The number of sulfonamides is 1. The van der Waals surface area contributed by atoms with Crippen LogP contribution in [0.15, 0.2) is 27.6 Å². The molecule has 0 radical (unpaired) electrons. The first-order valence-corrected chi connectivity index (χ1v) is 7.79. The summed E-state index contributed by atoms with van der Waals surface area (Å²) in [7, 11) is -1.96.